The third-order valence-electron chi connectivity index (χ3n) is 1.93. The third kappa shape index (κ3) is 2.17. The monoisotopic (exact) mass is 215 g/mol. The highest BCUT2D eigenvalue weighted by Gasteiger charge is 2.05. The fourth-order valence-electron chi connectivity index (χ4n) is 1.22. The largest absolute Gasteiger partial charge is 0.479 e. The van der Waals surface area contributed by atoms with Gasteiger partial charge in [-0.2, -0.15) is 5.26 Å². The molecule has 0 unspecified atom stereocenters. The van der Waals surface area contributed by atoms with Gasteiger partial charge in [-0.15, -0.1) is 10.2 Å². The van der Waals surface area contributed by atoms with E-state index in [0.29, 0.717) is 17.5 Å². The molecule has 0 N–H and O–H groups in total. The molecule has 2 rings (SSSR count). The summed E-state index contributed by atoms with van der Waals surface area (Å²) in [6.07, 6.45) is 0. The lowest BCUT2D eigenvalue weighted by molar-refractivity contribution is 0.368. The summed E-state index contributed by atoms with van der Waals surface area (Å²) >= 11 is 0. The number of rotatable bonds is 3. The maximum atomic E-state index is 8.35. The molecule has 0 amide bonds. The van der Waals surface area contributed by atoms with E-state index in [1.165, 1.54) is 0 Å². The summed E-state index contributed by atoms with van der Waals surface area (Å²) in [7, 11) is 0. The number of nitrogens with zero attached hydrogens (tertiary/aromatic N) is 3. The van der Waals surface area contributed by atoms with Crippen molar-refractivity contribution in [1.29, 1.82) is 5.26 Å². The van der Waals surface area contributed by atoms with Crippen LogP contribution in [0, 0.1) is 18.3 Å². The van der Waals surface area contributed by atoms with Crippen molar-refractivity contribution in [2.24, 2.45) is 0 Å². The van der Waals surface area contributed by atoms with Crippen molar-refractivity contribution in [2.75, 3.05) is 6.61 Å². The molecule has 0 aliphatic rings. The van der Waals surface area contributed by atoms with E-state index >= 15 is 0 Å². The zero-order chi connectivity index (χ0) is 11.4. The maximum absolute atomic E-state index is 8.35. The Morgan fingerprint density at radius 2 is 2.06 bits per heavy atom. The summed E-state index contributed by atoms with van der Waals surface area (Å²) in [6, 6.07) is 9.03. The number of nitriles is 1. The minimum Gasteiger partial charge on any atom is -0.479 e. The fraction of sp³-hybridized carbons (Fsp3) is 0.182. The first-order valence-corrected chi connectivity index (χ1v) is 4.70. The van der Waals surface area contributed by atoms with Crippen LogP contribution in [0.15, 0.2) is 28.7 Å². The van der Waals surface area contributed by atoms with Crippen molar-refractivity contribution in [2.45, 2.75) is 6.92 Å². The van der Waals surface area contributed by atoms with E-state index in [1.807, 2.05) is 6.07 Å². The van der Waals surface area contributed by atoms with Gasteiger partial charge in [0.25, 0.3) is 0 Å². The van der Waals surface area contributed by atoms with Crippen molar-refractivity contribution in [3.8, 4) is 23.3 Å². The minimum atomic E-state index is 0.0407. The zero-order valence-corrected chi connectivity index (χ0v) is 8.67. The Morgan fingerprint density at radius 3 is 2.62 bits per heavy atom. The highest BCUT2D eigenvalue weighted by Crippen LogP contribution is 2.20. The van der Waals surface area contributed by atoms with Crippen molar-refractivity contribution in [3.63, 3.8) is 0 Å². The Labute approximate surface area is 92.3 Å². The molecule has 1 aromatic carbocycles. The number of ether oxygens (including phenoxy) is 1. The van der Waals surface area contributed by atoms with E-state index in [1.54, 1.807) is 31.2 Å². The molecule has 0 fully saturated rings. The van der Waals surface area contributed by atoms with Crippen LogP contribution in [0.4, 0.5) is 0 Å². The molecule has 0 aliphatic heterocycles. The molecule has 1 heterocycles. The Hall–Kier alpha value is -2.35. The fourth-order valence-corrected chi connectivity index (χ4v) is 1.22. The molecular formula is C11H9N3O2. The van der Waals surface area contributed by atoms with E-state index in [9.17, 15) is 0 Å². The van der Waals surface area contributed by atoms with Crippen molar-refractivity contribution in [1.82, 2.24) is 10.2 Å². The topological polar surface area (TPSA) is 71.9 Å². The SMILES string of the molecule is Cc1nnc(-c2ccc(OCC#N)cc2)o1. The Morgan fingerprint density at radius 1 is 1.31 bits per heavy atom. The summed E-state index contributed by atoms with van der Waals surface area (Å²) < 4.78 is 10.4. The molecule has 80 valence electrons. The summed E-state index contributed by atoms with van der Waals surface area (Å²) in [5.74, 6) is 1.64. The number of aromatic nitrogens is 2. The van der Waals surface area contributed by atoms with Crippen LogP contribution in [0.5, 0.6) is 5.75 Å². The Balaban J connectivity index is 2.16. The Bertz CT molecular complexity index is 511. The molecule has 0 atom stereocenters. The predicted molar refractivity (Wildman–Crippen MR) is 55.6 cm³/mol. The summed E-state index contributed by atoms with van der Waals surface area (Å²) in [6.45, 7) is 1.78. The number of hydrogen-bond donors (Lipinski definition) is 0. The average molecular weight is 215 g/mol. The van der Waals surface area contributed by atoms with Crippen LogP contribution >= 0.6 is 0 Å². The quantitative estimate of drug-likeness (QED) is 0.782. The van der Waals surface area contributed by atoms with E-state index in [-0.39, 0.29) is 6.61 Å². The molecule has 0 aliphatic carbocycles. The molecular weight excluding hydrogens is 206 g/mol. The second kappa shape index (κ2) is 4.45. The van der Waals surface area contributed by atoms with Crippen molar-refractivity contribution >= 4 is 0 Å². The number of aryl methyl sites for hydroxylation is 1. The van der Waals surface area contributed by atoms with Crippen molar-refractivity contribution < 1.29 is 9.15 Å². The number of benzene rings is 1. The molecule has 0 spiro atoms. The third-order valence-corrected chi connectivity index (χ3v) is 1.93. The molecule has 0 saturated heterocycles. The summed E-state index contributed by atoms with van der Waals surface area (Å²) in [5, 5.41) is 16.0. The lowest BCUT2D eigenvalue weighted by Gasteiger charge is -2.01. The first-order chi connectivity index (χ1) is 7.79. The van der Waals surface area contributed by atoms with Gasteiger partial charge in [0.15, 0.2) is 6.61 Å². The van der Waals surface area contributed by atoms with Gasteiger partial charge in [-0.05, 0) is 24.3 Å². The van der Waals surface area contributed by atoms with E-state index in [4.69, 9.17) is 14.4 Å². The van der Waals surface area contributed by atoms with Crippen LogP contribution in [-0.2, 0) is 0 Å². The summed E-state index contributed by atoms with van der Waals surface area (Å²) in [4.78, 5) is 0. The Kier molecular flexibility index (Phi) is 2.83. The average Bonchev–Trinajstić information content (AvgIpc) is 2.74. The van der Waals surface area contributed by atoms with Gasteiger partial charge in [-0.25, -0.2) is 0 Å². The predicted octanol–water partition coefficient (Wildman–Crippen LogP) is 1.95. The lowest BCUT2D eigenvalue weighted by Crippen LogP contribution is -1.92. The van der Waals surface area contributed by atoms with Gasteiger partial charge < -0.3 is 9.15 Å². The second-order valence-corrected chi connectivity index (χ2v) is 3.10. The van der Waals surface area contributed by atoms with Crippen LogP contribution < -0.4 is 4.74 Å². The molecule has 5 nitrogen and oxygen atoms in total. The van der Waals surface area contributed by atoms with Gasteiger partial charge in [0.1, 0.15) is 11.8 Å². The van der Waals surface area contributed by atoms with Gasteiger partial charge in [0, 0.05) is 12.5 Å². The first-order valence-electron chi connectivity index (χ1n) is 4.70. The van der Waals surface area contributed by atoms with Crippen molar-refractivity contribution in [3.05, 3.63) is 30.2 Å². The van der Waals surface area contributed by atoms with Gasteiger partial charge >= 0.3 is 0 Å². The molecule has 0 radical (unpaired) electrons. The zero-order valence-electron chi connectivity index (χ0n) is 8.67. The van der Waals surface area contributed by atoms with Crippen LogP contribution in [0.3, 0.4) is 0 Å². The molecule has 16 heavy (non-hydrogen) atoms. The van der Waals surface area contributed by atoms with E-state index in [2.05, 4.69) is 10.2 Å². The smallest absolute Gasteiger partial charge is 0.247 e. The minimum absolute atomic E-state index is 0.0407. The van der Waals surface area contributed by atoms with Crippen LogP contribution in [-0.4, -0.2) is 16.8 Å². The molecule has 0 bridgehead atoms. The van der Waals surface area contributed by atoms with Gasteiger partial charge in [0.2, 0.25) is 11.8 Å². The second-order valence-electron chi connectivity index (χ2n) is 3.10. The van der Waals surface area contributed by atoms with E-state index < -0.39 is 0 Å². The van der Waals surface area contributed by atoms with E-state index in [0.717, 1.165) is 5.56 Å². The standard InChI is InChI=1S/C11H9N3O2/c1-8-13-14-11(16-8)9-2-4-10(5-3-9)15-7-6-12/h2-5H,7H2,1H3. The van der Waals surface area contributed by atoms with Crippen LogP contribution in [0.2, 0.25) is 0 Å². The normalized spacial score (nSPS) is 9.75. The molecule has 0 saturated carbocycles. The van der Waals surface area contributed by atoms with Gasteiger partial charge in [-0.1, -0.05) is 0 Å². The first kappa shape index (κ1) is 10.2. The molecule has 5 heteroatoms. The molecule has 1 aromatic heterocycles. The lowest BCUT2D eigenvalue weighted by atomic mass is 10.2. The van der Waals surface area contributed by atoms with Gasteiger partial charge in [0.05, 0.1) is 0 Å². The highest BCUT2D eigenvalue weighted by atomic mass is 16.5. The highest BCUT2D eigenvalue weighted by molar-refractivity contribution is 5.53. The van der Waals surface area contributed by atoms with Gasteiger partial charge in [-0.3, -0.25) is 0 Å². The molecule has 2 aromatic rings. The van der Waals surface area contributed by atoms with Crippen LogP contribution in [0.25, 0.3) is 11.5 Å². The summed E-state index contributed by atoms with van der Waals surface area (Å²) in [5.41, 5.74) is 0.824. The number of hydrogen-bond acceptors (Lipinski definition) is 5. The maximum Gasteiger partial charge on any atom is 0.247 e. The van der Waals surface area contributed by atoms with Crippen LogP contribution in [0.1, 0.15) is 5.89 Å².